The summed E-state index contributed by atoms with van der Waals surface area (Å²) in [5, 5.41) is 2.42. The molecular weight excluding hydrogens is 270 g/mol. The lowest BCUT2D eigenvalue weighted by Gasteiger charge is -2.05. The summed E-state index contributed by atoms with van der Waals surface area (Å²) >= 11 is 0. The van der Waals surface area contributed by atoms with Crippen LogP contribution in [0.1, 0.15) is 11.1 Å². The van der Waals surface area contributed by atoms with Crippen LogP contribution in [0, 0.1) is 6.92 Å². The van der Waals surface area contributed by atoms with E-state index in [0.29, 0.717) is 13.2 Å². The summed E-state index contributed by atoms with van der Waals surface area (Å²) in [6.07, 6.45) is 2.99. The largest absolute Gasteiger partial charge is 0.461 e. The van der Waals surface area contributed by atoms with Gasteiger partial charge in [-0.15, -0.1) is 0 Å². The summed E-state index contributed by atoms with van der Waals surface area (Å²) in [5.41, 5.74) is 1.90. The molecule has 0 aliphatic carbocycles. The Morgan fingerprint density at radius 1 is 1.14 bits per heavy atom. The van der Waals surface area contributed by atoms with Crippen LogP contribution in [0.4, 0.5) is 0 Å². The Hall–Kier alpha value is -2.56. The van der Waals surface area contributed by atoms with Crippen molar-refractivity contribution in [2.45, 2.75) is 6.92 Å². The Bertz CT molecular complexity index is 591. The van der Waals surface area contributed by atoms with Crippen LogP contribution < -0.4 is 5.32 Å². The number of hydrogen-bond acceptors (Lipinski definition) is 4. The van der Waals surface area contributed by atoms with Crippen molar-refractivity contribution in [3.63, 3.8) is 0 Å². The first-order valence-electron chi connectivity index (χ1n) is 6.63. The maximum Gasteiger partial charge on any atom is 0.296 e. The van der Waals surface area contributed by atoms with E-state index in [4.69, 9.17) is 9.47 Å². The van der Waals surface area contributed by atoms with Gasteiger partial charge < -0.3 is 14.8 Å². The number of rotatable bonds is 4. The predicted molar refractivity (Wildman–Crippen MR) is 78.2 cm³/mol. The quantitative estimate of drug-likeness (QED) is 0.519. The van der Waals surface area contributed by atoms with Crippen molar-refractivity contribution < 1.29 is 19.1 Å². The van der Waals surface area contributed by atoms with Crippen LogP contribution in [-0.4, -0.2) is 32.0 Å². The number of ether oxygens (including phenoxy) is 2. The van der Waals surface area contributed by atoms with E-state index in [1.807, 2.05) is 31.2 Å². The molecule has 0 saturated carbocycles. The molecule has 1 heterocycles. The summed E-state index contributed by atoms with van der Waals surface area (Å²) in [6.45, 7) is 2.66. The molecule has 1 amide bonds. The van der Waals surface area contributed by atoms with E-state index in [9.17, 15) is 9.59 Å². The fourth-order valence-corrected chi connectivity index (χ4v) is 1.82. The smallest absolute Gasteiger partial charge is 0.296 e. The molecule has 2 rings (SSSR count). The Morgan fingerprint density at radius 3 is 2.33 bits per heavy atom. The Morgan fingerprint density at radius 2 is 1.76 bits per heavy atom. The van der Waals surface area contributed by atoms with E-state index in [1.54, 1.807) is 6.08 Å². The molecule has 0 spiro atoms. The van der Waals surface area contributed by atoms with Gasteiger partial charge in [-0.25, -0.2) is 0 Å². The first-order chi connectivity index (χ1) is 10.1. The molecule has 21 heavy (non-hydrogen) atoms. The lowest BCUT2D eigenvalue weighted by molar-refractivity contribution is -0.121. The van der Waals surface area contributed by atoms with E-state index in [-0.39, 0.29) is 11.5 Å². The lowest BCUT2D eigenvalue weighted by Crippen LogP contribution is -2.26. The van der Waals surface area contributed by atoms with E-state index < -0.39 is 11.7 Å². The highest BCUT2D eigenvalue weighted by molar-refractivity contribution is 6.24. The van der Waals surface area contributed by atoms with Crippen LogP contribution in [0.5, 0.6) is 0 Å². The van der Waals surface area contributed by atoms with Gasteiger partial charge in [0, 0.05) is 7.05 Å². The molecule has 1 N–H and O–H groups in total. The fourth-order valence-electron chi connectivity index (χ4n) is 1.82. The Balaban J connectivity index is 2.21. The van der Waals surface area contributed by atoms with Gasteiger partial charge in [-0.3, -0.25) is 9.59 Å². The molecule has 0 bridgehead atoms. The molecule has 1 aliphatic heterocycles. The summed E-state index contributed by atoms with van der Waals surface area (Å²) in [7, 11) is 1.45. The molecule has 110 valence electrons. The lowest BCUT2D eigenvalue weighted by atomic mass is 10.1. The summed E-state index contributed by atoms with van der Waals surface area (Å²) in [6, 6.07) is 7.69. The maximum absolute atomic E-state index is 12.2. The number of ketones is 1. The standard InChI is InChI=1S/C16H17NO4/c1-11-3-5-12(6-4-11)7-8-13(18)14(15(19)17-2)16-20-9-10-21-16/h3-8H,9-10H2,1-2H3,(H,17,19)/b8-7+. The van der Waals surface area contributed by atoms with Crippen LogP contribution in [0.3, 0.4) is 0 Å². The molecule has 0 radical (unpaired) electrons. The zero-order valence-corrected chi connectivity index (χ0v) is 12.0. The highest BCUT2D eigenvalue weighted by Crippen LogP contribution is 2.16. The molecule has 0 unspecified atom stereocenters. The molecule has 1 fully saturated rings. The zero-order chi connectivity index (χ0) is 15.2. The number of aryl methyl sites for hydroxylation is 1. The number of carbonyl (C=O) groups excluding carboxylic acids is 2. The van der Waals surface area contributed by atoms with Crippen molar-refractivity contribution in [1.29, 1.82) is 0 Å². The number of carbonyl (C=O) groups is 2. The van der Waals surface area contributed by atoms with Gasteiger partial charge in [0.25, 0.3) is 11.9 Å². The second-order valence-electron chi connectivity index (χ2n) is 4.55. The maximum atomic E-state index is 12.2. The number of hydrogen-bond donors (Lipinski definition) is 1. The monoisotopic (exact) mass is 287 g/mol. The molecule has 5 nitrogen and oxygen atoms in total. The van der Waals surface area contributed by atoms with Crippen molar-refractivity contribution >= 4 is 17.8 Å². The van der Waals surface area contributed by atoms with E-state index in [2.05, 4.69) is 5.32 Å². The second kappa shape index (κ2) is 6.74. The van der Waals surface area contributed by atoms with Gasteiger partial charge in [0.1, 0.15) is 13.2 Å². The first-order valence-corrected chi connectivity index (χ1v) is 6.63. The first kappa shape index (κ1) is 14.8. The van der Waals surface area contributed by atoms with Crippen molar-refractivity contribution in [3.8, 4) is 0 Å². The summed E-state index contributed by atoms with van der Waals surface area (Å²) < 4.78 is 10.3. The third-order valence-electron chi connectivity index (χ3n) is 2.96. The molecule has 0 aromatic heterocycles. The minimum atomic E-state index is -0.523. The third kappa shape index (κ3) is 3.72. The average Bonchev–Trinajstić information content (AvgIpc) is 3.00. The van der Waals surface area contributed by atoms with Crippen LogP contribution >= 0.6 is 0 Å². The number of nitrogens with one attached hydrogen (secondary N) is 1. The number of benzene rings is 1. The van der Waals surface area contributed by atoms with Gasteiger partial charge in [0.05, 0.1) is 0 Å². The fraction of sp³-hybridized carbons (Fsp3) is 0.250. The highest BCUT2D eigenvalue weighted by Gasteiger charge is 2.26. The van der Waals surface area contributed by atoms with Crippen LogP contribution in [0.2, 0.25) is 0 Å². The van der Waals surface area contributed by atoms with Crippen LogP contribution in [0.25, 0.3) is 6.08 Å². The molecular formula is C16H17NO4. The zero-order valence-electron chi connectivity index (χ0n) is 12.0. The normalized spacial score (nSPS) is 13.7. The topological polar surface area (TPSA) is 64.6 Å². The minimum Gasteiger partial charge on any atom is -0.461 e. The van der Waals surface area contributed by atoms with Gasteiger partial charge in [-0.05, 0) is 18.6 Å². The van der Waals surface area contributed by atoms with Gasteiger partial charge in [-0.2, -0.15) is 0 Å². The molecule has 5 heteroatoms. The van der Waals surface area contributed by atoms with Crippen LogP contribution in [-0.2, 0) is 19.1 Å². The third-order valence-corrected chi connectivity index (χ3v) is 2.96. The summed E-state index contributed by atoms with van der Waals surface area (Å²) in [4.78, 5) is 24.0. The van der Waals surface area contributed by atoms with Crippen molar-refractivity contribution in [1.82, 2.24) is 5.32 Å². The molecule has 1 aromatic carbocycles. The predicted octanol–water partition coefficient (Wildman–Crippen LogP) is 1.58. The van der Waals surface area contributed by atoms with E-state index in [1.165, 1.54) is 13.1 Å². The summed E-state index contributed by atoms with van der Waals surface area (Å²) in [5.74, 6) is -0.981. The average molecular weight is 287 g/mol. The second-order valence-corrected chi connectivity index (χ2v) is 4.55. The number of allylic oxidation sites excluding steroid dienone is 1. The van der Waals surface area contributed by atoms with Crippen molar-refractivity contribution in [2.24, 2.45) is 0 Å². The highest BCUT2D eigenvalue weighted by atomic mass is 16.7. The molecule has 0 atom stereocenters. The number of amides is 1. The van der Waals surface area contributed by atoms with Crippen LogP contribution in [0.15, 0.2) is 41.9 Å². The van der Waals surface area contributed by atoms with Gasteiger partial charge in [0.2, 0.25) is 0 Å². The van der Waals surface area contributed by atoms with Gasteiger partial charge >= 0.3 is 0 Å². The SMILES string of the molecule is CNC(=O)C(C(=O)/C=C/c1ccc(C)cc1)=C1OCCO1. The van der Waals surface area contributed by atoms with Crippen molar-refractivity contribution in [3.05, 3.63) is 53.0 Å². The molecule has 1 aromatic rings. The van der Waals surface area contributed by atoms with E-state index >= 15 is 0 Å². The van der Waals surface area contributed by atoms with E-state index in [0.717, 1.165) is 11.1 Å². The molecule has 1 saturated heterocycles. The van der Waals surface area contributed by atoms with Gasteiger partial charge in [-0.1, -0.05) is 35.9 Å². The Labute approximate surface area is 123 Å². The minimum absolute atomic E-state index is 0.00657. The van der Waals surface area contributed by atoms with Crippen molar-refractivity contribution in [2.75, 3.05) is 20.3 Å². The molecule has 1 aliphatic rings. The number of likely N-dealkylation sites (N-methyl/N-ethyl adjacent to an activating group) is 1. The van der Waals surface area contributed by atoms with Gasteiger partial charge in [0.15, 0.2) is 11.4 Å². The Kier molecular flexibility index (Phi) is 4.77.